The van der Waals surface area contributed by atoms with Gasteiger partial charge in [0.25, 0.3) is 0 Å². The third-order valence-electron chi connectivity index (χ3n) is 3.09. The minimum Gasteiger partial charge on any atom is -0.497 e. The molecular formula is C17H18N2O3. The van der Waals surface area contributed by atoms with Gasteiger partial charge in [0.2, 0.25) is 5.56 Å². The van der Waals surface area contributed by atoms with Crippen LogP contribution in [0.25, 0.3) is 6.08 Å². The van der Waals surface area contributed by atoms with Gasteiger partial charge in [0.1, 0.15) is 5.75 Å². The number of hydrogen-bond acceptors (Lipinski definition) is 4. The molecule has 0 fully saturated rings. The van der Waals surface area contributed by atoms with Crippen LogP contribution in [0.1, 0.15) is 21.6 Å². The number of carbonyl (C=O) groups excluding carboxylic acids is 1. The fraction of sp³-hybridized carbons (Fsp3) is 0.176. The number of nitrogens with one attached hydrogen (secondary N) is 1. The topological polar surface area (TPSA) is 62.4 Å². The zero-order chi connectivity index (χ0) is 16.1. The van der Waals surface area contributed by atoms with Crippen LogP contribution < -0.4 is 10.3 Å². The van der Waals surface area contributed by atoms with Crippen molar-refractivity contribution < 1.29 is 9.53 Å². The van der Waals surface area contributed by atoms with E-state index in [1.807, 2.05) is 19.0 Å². The van der Waals surface area contributed by atoms with Gasteiger partial charge < -0.3 is 14.6 Å². The summed E-state index contributed by atoms with van der Waals surface area (Å²) in [6, 6.07) is 9.75. The van der Waals surface area contributed by atoms with E-state index in [0.717, 1.165) is 0 Å². The van der Waals surface area contributed by atoms with Gasteiger partial charge in [-0.2, -0.15) is 0 Å². The van der Waals surface area contributed by atoms with Crippen LogP contribution in [0.3, 0.4) is 0 Å². The molecule has 0 amide bonds. The van der Waals surface area contributed by atoms with E-state index >= 15 is 0 Å². The van der Waals surface area contributed by atoms with Crippen molar-refractivity contribution in [3.63, 3.8) is 0 Å². The lowest BCUT2D eigenvalue weighted by Crippen LogP contribution is -2.12. The highest BCUT2D eigenvalue weighted by molar-refractivity contribution is 6.10. The summed E-state index contributed by atoms with van der Waals surface area (Å²) in [4.78, 5) is 28.6. The molecule has 0 radical (unpaired) electrons. The largest absolute Gasteiger partial charge is 0.497 e. The highest BCUT2D eigenvalue weighted by atomic mass is 16.5. The third kappa shape index (κ3) is 3.63. The Kier molecular flexibility index (Phi) is 4.78. The Morgan fingerprint density at radius 3 is 2.41 bits per heavy atom. The van der Waals surface area contributed by atoms with Crippen molar-refractivity contribution in [3.8, 4) is 5.75 Å². The molecule has 2 aromatic rings. The number of hydrogen-bond donors (Lipinski definition) is 1. The minimum atomic E-state index is -0.246. The van der Waals surface area contributed by atoms with E-state index in [1.54, 1.807) is 49.7 Å². The van der Waals surface area contributed by atoms with Crippen molar-refractivity contribution in [2.24, 2.45) is 0 Å². The lowest BCUT2D eigenvalue weighted by Gasteiger charge is -2.08. The molecule has 2 rings (SSSR count). The van der Waals surface area contributed by atoms with Gasteiger partial charge in [-0.05, 0) is 36.4 Å². The lowest BCUT2D eigenvalue weighted by atomic mass is 10.0. The number of ketones is 1. The summed E-state index contributed by atoms with van der Waals surface area (Å²) in [6.45, 7) is 0. The molecule has 1 aromatic carbocycles. The summed E-state index contributed by atoms with van der Waals surface area (Å²) in [6.07, 6.45) is 3.48. The second-order valence-corrected chi connectivity index (χ2v) is 4.99. The first-order valence-electron chi connectivity index (χ1n) is 6.78. The Bertz CT molecular complexity index is 743. The number of benzene rings is 1. The molecule has 1 heterocycles. The number of rotatable bonds is 5. The number of aromatic nitrogens is 1. The van der Waals surface area contributed by atoms with Gasteiger partial charge in [-0.1, -0.05) is 0 Å². The van der Waals surface area contributed by atoms with Crippen LogP contribution in [-0.4, -0.2) is 36.9 Å². The van der Waals surface area contributed by atoms with E-state index in [-0.39, 0.29) is 11.3 Å². The van der Waals surface area contributed by atoms with Crippen molar-refractivity contribution in [1.29, 1.82) is 0 Å². The summed E-state index contributed by atoms with van der Waals surface area (Å²) < 4.78 is 5.08. The van der Waals surface area contributed by atoms with Gasteiger partial charge in [0.05, 0.1) is 12.8 Å². The molecule has 5 nitrogen and oxygen atoms in total. The first-order valence-corrected chi connectivity index (χ1v) is 6.78. The Hall–Kier alpha value is -2.82. The predicted molar refractivity (Wildman–Crippen MR) is 86.2 cm³/mol. The van der Waals surface area contributed by atoms with Gasteiger partial charge in [-0.25, -0.2) is 0 Å². The van der Waals surface area contributed by atoms with Crippen LogP contribution in [0.2, 0.25) is 0 Å². The monoisotopic (exact) mass is 298 g/mol. The van der Waals surface area contributed by atoms with Crippen molar-refractivity contribution in [3.05, 3.63) is 69.8 Å². The molecule has 0 aliphatic heterocycles. The normalized spacial score (nSPS) is 10.7. The van der Waals surface area contributed by atoms with E-state index in [0.29, 0.717) is 22.6 Å². The molecule has 0 bridgehead atoms. The molecule has 0 atom stereocenters. The molecule has 0 saturated heterocycles. The van der Waals surface area contributed by atoms with E-state index in [1.165, 1.54) is 6.07 Å². The molecule has 22 heavy (non-hydrogen) atoms. The van der Waals surface area contributed by atoms with Gasteiger partial charge in [-0.15, -0.1) is 0 Å². The van der Waals surface area contributed by atoms with E-state index in [4.69, 9.17) is 4.74 Å². The van der Waals surface area contributed by atoms with Crippen LogP contribution in [0.4, 0.5) is 0 Å². The molecule has 1 aromatic heterocycles. The number of carbonyl (C=O) groups is 1. The zero-order valence-corrected chi connectivity index (χ0v) is 12.8. The second kappa shape index (κ2) is 6.76. The minimum absolute atomic E-state index is 0.155. The van der Waals surface area contributed by atoms with E-state index in [9.17, 15) is 9.59 Å². The Labute approximate surface area is 128 Å². The fourth-order valence-corrected chi connectivity index (χ4v) is 1.94. The van der Waals surface area contributed by atoms with E-state index < -0.39 is 0 Å². The number of aromatic amines is 1. The number of nitrogens with zero attached hydrogens (tertiary/aromatic N) is 1. The van der Waals surface area contributed by atoms with E-state index in [2.05, 4.69) is 4.98 Å². The highest BCUT2D eigenvalue weighted by Crippen LogP contribution is 2.16. The summed E-state index contributed by atoms with van der Waals surface area (Å²) in [5.41, 5.74) is 1.22. The molecule has 0 aliphatic carbocycles. The summed E-state index contributed by atoms with van der Waals surface area (Å²) in [5.74, 6) is 0.531. The molecule has 1 N–H and O–H groups in total. The first kappa shape index (κ1) is 15.6. The van der Waals surface area contributed by atoms with Gasteiger partial charge >= 0.3 is 0 Å². The first-order chi connectivity index (χ1) is 10.5. The molecule has 0 spiro atoms. The van der Waals surface area contributed by atoms with Crippen LogP contribution in [0.15, 0.2) is 47.4 Å². The average molecular weight is 298 g/mol. The number of ether oxygens (including phenoxy) is 1. The Morgan fingerprint density at radius 1 is 1.14 bits per heavy atom. The molecule has 0 saturated carbocycles. The number of pyridine rings is 1. The van der Waals surface area contributed by atoms with Crippen molar-refractivity contribution in [1.82, 2.24) is 9.88 Å². The van der Waals surface area contributed by atoms with Crippen LogP contribution in [-0.2, 0) is 0 Å². The second-order valence-electron chi connectivity index (χ2n) is 4.99. The summed E-state index contributed by atoms with van der Waals surface area (Å²) in [7, 11) is 5.30. The molecule has 114 valence electrons. The quantitative estimate of drug-likeness (QED) is 0.859. The van der Waals surface area contributed by atoms with Gasteiger partial charge in [-0.3, -0.25) is 9.59 Å². The summed E-state index contributed by atoms with van der Waals surface area (Å²) >= 11 is 0. The molecule has 0 unspecified atom stereocenters. The smallest absolute Gasteiger partial charge is 0.248 e. The number of methoxy groups -OCH3 is 1. The van der Waals surface area contributed by atoms with Gasteiger partial charge in [0.15, 0.2) is 5.78 Å². The summed E-state index contributed by atoms with van der Waals surface area (Å²) in [5, 5.41) is 0. The zero-order valence-electron chi connectivity index (χ0n) is 12.8. The predicted octanol–water partition coefficient (Wildman–Crippen LogP) is 2.15. The Balaban J connectivity index is 2.41. The maximum absolute atomic E-state index is 12.6. The standard InChI is InChI=1S/C17H18N2O3/c1-19(2)11-10-15-14(8-9-16(20)18-15)17(21)12-4-6-13(22-3)7-5-12/h4-11H,1-3H3,(H,18,20). The molecule has 5 heteroatoms. The number of H-pyrrole nitrogens is 1. The van der Waals surface area contributed by atoms with Crippen LogP contribution in [0.5, 0.6) is 5.75 Å². The van der Waals surface area contributed by atoms with Crippen LogP contribution in [0, 0.1) is 0 Å². The third-order valence-corrected chi connectivity index (χ3v) is 3.09. The van der Waals surface area contributed by atoms with Crippen molar-refractivity contribution >= 4 is 11.9 Å². The lowest BCUT2D eigenvalue weighted by molar-refractivity contribution is 0.103. The van der Waals surface area contributed by atoms with Crippen molar-refractivity contribution in [2.75, 3.05) is 21.2 Å². The SMILES string of the molecule is COc1ccc(C(=O)c2ccc(=O)[nH]c2C=CN(C)C)cc1. The van der Waals surface area contributed by atoms with Gasteiger partial charge in [0, 0.05) is 37.5 Å². The molecular weight excluding hydrogens is 280 g/mol. The van der Waals surface area contributed by atoms with Crippen molar-refractivity contribution in [2.45, 2.75) is 0 Å². The fourth-order valence-electron chi connectivity index (χ4n) is 1.94. The van der Waals surface area contributed by atoms with Crippen LogP contribution >= 0.6 is 0 Å². The molecule has 0 aliphatic rings. The average Bonchev–Trinajstić information content (AvgIpc) is 2.52. The Morgan fingerprint density at radius 2 is 1.82 bits per heavy atom. The maximum atomic E-state index is 12.6. The highest BCUT2D eigenvalue weighted by Gasteiger charge is 2.13. The maximum Gasteiger partial charge on any atom is 0.248 e.